The molecule has 18 heavy (non-hydrogen) atoms. The van der Waals surface area contributed by atoms with Crippen LogP contribution in [0.4, 0.5) is 11.4 Å². The van der Waals surface area contributed by atoms with E-state index >= 15 is 0 Å². The number of hydrogen-bond donors (Lipinski definition) is 2. The van der Waals surface area contributed by atoms with E-state index in [1.54, 1.807) is 0 Å². The lowest BCUT2D eigenvalue weighted by molar-refractivity contribution is 0.127. The van der Waals surface area contributed by atoms with Gasteiger partial charge >= 0.3 is 0 Å². The first kappa shape index (κ1) is 14.8. The molecule has 2 N–H and O–H groups in total. The summed E-state index contributed by atoms with van der Waals surface area (Å²) in [5, 5.41) is 13.1. The van der Waals surface area contributed by atoms with Crippen molar-refractivity contribution in [1.29, 1.82) is 0 Å². The van der Waals surface area contributed by atoms with Gasteiger partial charge in [-0.15, -0.1) is 0 Å². The molecular weight excluding hydrogens is 224 g/mol. The average molecular weight is 250 g/mol. The molecule has 3 nitrogen and oxygen atoms in total. The van der Waals surface area contributed by atoms with Crippen LogP contribution in [-0.2, 0) is 0 Å². The van der Waals surface area contributed by atoms with E-state index in [1.165, 1.54) is 5.69 Å². The van der Waals surface area contributed by atoms with Gasteiger partial charge in [0.2, 0.25) is 0 Å². The molecule has 0 bridgehead atoms. The average Bonchev–Trinajstić information content (AvgIpc) is 2.41. The fourth-order valence-electron chi connectivity index (χ4n) is 2.08. The molecule has 1 aromatic carbocycles. The Morgan fingerprint density at radius 1 is 1.17 bits per heavy atom. The molecule has 0 fully saturated rings. The van der Waals surface area contributed by atoms with Crippen LogP contribution in [0.2, 0.25) is 0 Å². The molecule has 0 amide bonds. The van der Waals surface area contributed by atoms with Gasteiger partial charge in [-0.1, -0.05) is 26.0 Å². The van der Waals surface area contributed by atoms with E-state index < -0.39 is 0 Å². The first-order valence-electron chi connectivity index (χ1n) is 6.69. The zero-order chi connectivity index (χ0) is 13.6. The van der Waals surface area contributed by atoms with E-state index in [0.29, 0.717) is 0 Å². The third-order valence-corrected chi connectivity index (χ3v) is 3.88. The minimum atomic E-state index is -0.0145. The molecule has 0 saturated heterocycles. The largest absolute Gasteiger partial charge is 0.396 e. The van der Waals surface area contributed by atoms with E-state index in [1.807, 2.05) is 26.2 Å². The number of benzene rings is 1. The van der Waals surface area contributed by atoms with Gasteiger partial charge < -0.3 is 15.3 Å². The summed E-state index contributed by atoms with van der Waals surface area (Å²) in [6.45, 7) is 5.32. The molecule has 0 aliphatic heterocycles. The van der Waals surface area contributed by atoms with Crippen molar-refractivity contribution >= 4 is 11.4 Å². The Labute approximate surface area is 111 Å². The summed E-state index contributed by atoms with van der Waals surface area (Å²) in [7, 11) is 4.08. The molecule has 0 saturated carbocycles. The minimum absolute atomic E-state index is 0.0145. The normalized spacial score (nSPS) is 11.4. The van der Waals surface area contributed by atoms with Gasteiger partial charge in [0.25, 0.3) is 0 Å². The molecule has 0 aromatic heterocycles. The van der Waals surface area contributed by atoms with Crippen molar-refractivity contribution in [2.45, 2.75) is 26.7 Å². The highest BCUT2D eigenvalue weighted by atomic mass is 16.3. The monoisotopic (exact) mass is 250 g/mol. The predicted octanol–water partition coefficient (Wildman–Crippen LogP) is 2.96. The van der Waals surface area contributed by atoms with Crippen molar-refractivity contribution in [3.05, 3.63) is 24.3 Å². The second kappa shape index (κ2) is 6.64. The highest BCUT2D eigenvalue weighted by Crippen LogP contribution is 2.29. The lowest BCUT2D eigenvalue weighted by Crippen LogP contribution is -2.32. The van der Waals surface area contributed by atoms with Gasteiger partial charge in [0.05, 0.1) is 18.0 Å². The van der Waals surface area contributed by atoms with Gasteiger partial charge in [0.15, 0.2) is 0 Å². The molecule has 0 atom stereocenters. The summed E-state index contributed by atoms with van der Waals surface area (Å²) in [4.78, 5) is 2.10. The highest BCUT2D eigenvalue weighted by Gasteiger charge is 2.25. The lowest BCUT2D eigenvalue weighted by atomic mass is 9.83. The number of nitrogens with one attached hydrogen (secondary N) is 1. The van der Waals surface area contributed by atoms with E-state index in [4.69, 9.17) is 0 Å². The standard InChI is InChI=1S/C15H26N2O/c1-5-15(6-2,12-18)11-16-13-9-7-8-10-14(13)17(3)4/h7-10,16,18H,5-6,11-12H2,1-4H3. The number of aliphatic hydroxyl groups is 1. The topological polar surface area (TPSA) is 35.5 Å². The van der Waals surface area contributed by atoms with Crippen molar-refractivity contribution < 1.29 is 5.11 Å². The predicted molar refractivity (Wildman–Crippen MR) is 79.4 cm³/mol. The van der Waals surface area contributed by atoms with Crippen LogP contribution in [0, 0.1) is 5.41 Å². The van der Waals surface area contributed by atoms with Gasteiger partial charge in [0, 0.05) is 26.1 Å². The highest BCUT2D eigenvalue weighted by molar-refractivity contribution is 5.69. The SMILES string of the molecule is CCC(CC)(CO)CNc1ccccc1N(C)C. The zero-order valence-electron chi connectivity index (χ0n) is 12.0. The number of nitrogens with zero attached hydrogens (tertiary/aromatic N) is 1. The molecule has 0 radical (unpaired) electrons. The second-order valence-corrected chi connectivity index (χ2v) is 5.13. The Bertz CT molecular complexity index is 351. The van der Waals surface area contributed by atoms with Gasteiger partial charge in [-0.2, -0.15) is 0 Å². The van der Waals surface area contributed by atoms with Crippen LogP contribution in [-0.4, -0.2) is 32.4 Å². The quantitative estimate of drug-likeness (QED) is 0.781. The summed E-state index contributed by atoms with van der Waals surface area (Å²) in [6, 6.07) is 8.26. The Morgan fingerprint density at radius 2 is 1.78 bits per heavy atom. The molecule has 0 aliphatic carbocycles. The van der Waals surface area contributed by atoms with Crippen molar-refractivity contribution in [3.8, 4) is 0 Å². The lowest BCUT2D eigenvalue weighted by Gasteiger charge is -2.31. The van der Waals surface area contributed by atoms with E-state index in [9.17, 15) is 5.11 Å². The molecule has 0 unspecified atom stereocenters. The first-order valence-corrected chi connectivity index (χ1v) is 6.69. The van der Waals surface area contributed by atoms with Crippen LogP contribution in [0.1, 0.15) is 26.7 Å². The summed E-state index contributed by atoms with van der Waals surface area (Å²) in [5.41, 5.74) is 2.29. The molecule has 0 aliphatic rings. The first-order chi connectivity index (χ1) is 8.58. The van der Waals surface area contributed by atoms with Crippen LogP contribution in [0.3, 0.4) is 0 Å². The fraction of sp³-hybridized carbons (Fsp3) is 0.600. The van der Waals surface area contributed by atoms with E-state index in [-0.39, 0.29) is 12.0 Å². The molecule has 102 valence electrons. The Kier molecular flexibility index (Phi) is 5.48. The number of rotatable bonds is 7. The Balaban J connectivity index is 2.79. The number of hydrogen-bond acceptors (Lipinski definition) is 3. The van der Waals surface area contributed by atoms with Crippen LogP contribution >= 0.6 is 0 Å². The van der Waals surface area contributed by atoms with Gasteiger partial charge in [-0.25, -0.2) is 0 Å². The van der Waals surface area contributed by atoms with Crippen molar-refractivity contribution in [1.82, 2.24) is 0 Å². The molecule has 1 aromatic rings. The summed E-state index contributed by atoms with van der Waals surface area (Å²) >= 11 is 0. The summed E-state index contributed by atoms with van der Waals surface area (Å²) in [6.07, 6.45) is 1.97. The van der Waals surface area contributed by atoms with Gasteiger partial charge in [-0.05, 0) is 25.0 Å². The molecular formula is C15H26N2O. The van der Waals surface area contributed by atoms with Gasteiger partial charge in [0.1, 0.15) is 0 Å². The third-order valence-electron chi connectivity index (χ3n) is 3.88. The smallest absolute Gasteiger partial charge is 0.0596 e. The maximum Gasteiger partial charge on any atom is 0.0596 e. The van der Waals surface area contributed by atoms with Crippen molar-refractivity contribution in [2.75, 3.05) is 37.5 Å². The number of para-hydroxylation sites is 2. The van der Waals surface area contributed by atoms with Crippen molar-refractivity contribution in [3.63, 3.8) is 0 Å². The maximum atomic E-state index is 9.58. The second-order valence-electron chi connectivity index (χ2n) is 5.13. The van der Waals surface area contributed by atoms with E-state index in [2.05, 4.69) is 36.2 Å². The summed E-state index contributed by atoms with van der Waals surface area (Å²) < 4.78 is 0. The molecule has 0 heterocycles. The fourth-order valence-corrected chi connectivity index (χ4v) is 2.08. The molecule has 0 spiro atoms. The number of aliphatic hydroxyl groups excluding tert-OH is 1. The van der Waals surface area contributed by atoms with E-state index in [0.717, 1.165) is 25.1 Å². The van der Waals surface area contributed by atoms with Crippen LogP contribution < -0.4 is 10.2 Å². The van der Waals surface area contributed by atoms with Gasteiger partial charge in [-0.3, -0.25) is 0 Å². The van der Waals surface area contributed by atoms with Crippen LogP contribution in [0.15, 0.2) is 24.3 Å². The molecule has 3 heteroatoms. The molecule has 1 rings (SSSR count). The third kappa shape index (κ3) is 3.39. The van der Waals surface area contributed by atoms with Crippen LogP contribution in [0.5, 0.6) is 0 Å². The van der Waals surface area contributed by atoms with Crippen LogP contribution in [0.25, 0.3) is 0 Å². The Morgan fingerprint density at radius 3 is 2.28 bits per heavy atom. The maximum absolute atomic E-state index is 9.58. The Hall–Kier alpha value is -1.22. The summed E-state index contributed by atoms with van der Waals surface area (Å²) in [5.74, 6) is 0. The number of anilines is 2. The van der Waals surface area contributed by atoms with Crippen molar-refractivity contribution in [2.24, 2.45) is 5.41 Å². The zero-order valence-corrected chi connectivity index (χ0v) is 12.0. The minimum Gasteiger partial charge on any atom is -0.396 e.